The van der Waals surface area contributed by atoms with Crippen molar-refractivity contribution >= 4 is 41.6 Å². The molecule has 0 amide bonds. The highest BCUT2D eigenvalue weighted by molar-refractivity contribution is 6.42. The fraction of sp³-hybridized carbons (Fsp3) is 0.562. The third-order valence-electron chi connectivity index (χ3n) is 3.85. The summed E-state index contributed by atoms with van der Waals surface area (Å²) >= 11 is 11.8. The number of hydrogen-bond donors (Lipinski definition) is 0. The molecule has 3 nitrogen and oxygen atoms in total. The third-order valence-corrected chi connectivity index (χ3v) is 4.59. The molecule has 0 radical (unpaired) electrons. The van der Waals surface area contributed by atoms with Gasteiger partial charge in [0.25, 0.3) is 0 Å². The van der Waals surface area contributed by atoms with E-state index < -0.39 is 0 Å². The summed E-state index contributed by atoms with van der Waals surface area (Å²) in [4.78, 5) is 14.4. The second kappa shape index (κ2) is 8.97. The van der Waals surface area contributed by atoms with E-state index in [2.05, 4.69) is 4.90 Å². The van der Waals surface area contributed by atoms with E-state index in [-0.39, 0.29) is 24.5 Å². The van der Waals surface area contributed by atoms with Gasteiger partial charge in [0.05, 0.1) is 15.6 Å². The van der Waals surface area contributed by atoms with Gasteiger partial charge >= 0.3 is 5.97 Å². The quantitative estimate of drug-likeness (QED) is 0.724. The van der Waals surface area contributed by atoms with E-state index in [4.69, 9.17) is 27.9 Å². The highest BCUT2D eigenvalue weighted by atomic mass is 35.5. The summed E-state index contributed by atoms with van der Waals surface area (Å²) in [6.45, 7) is 0.944. The van der Waals surface area contributed by atoms with Gasteiger partial charge in [-0.15, -0.1) is 12.4 Å². The Balaban J connectivity index is 0.00000242. The second-order valence-electron chi connectivity index (χ2n) is 5.88. The molecule has 1 fully saturated rings. The van der Waals surface area contributed by atoms with Crippen LogP contribution in [0.5, 0.6) is 0 Å². The highest BCUT2D eigenvalue weighted by Gasteiger charge is 2.29. The van der Waals surface area contributed by atoms with E-state index in [1.54, 1.807) is 18.2 Å². The lowest BCUT2D eigenvalue weighted by atomic mass is 9.86. The molecule has 6 heteroatoms. The van der Waals surface area contributed by atoms with Crippen LogP contribution < -0.4 is 0 Å². The van der Waals surface area contributed by atoms with Crippen LogP contribution in [0.1, 0.15) is 36.0 Å². The maximum absolute atomic E-state index is 12.3. The molecule has 1 aliphatic rings. The molecule has 0 aliphatic heterocycles. The Hall–Kier alpha value is -0.480. The molecule has 1 saturated carbocycles. The molecule has 0 N–H and O–H groups in total. The van der Waals surface area contributed by atoms with Crippen molar-refractivity contribution in [3.05, 3.63) is 33.8 Å². The van der Waals surface area contributed by atoms with Crippen molar-refractivity contribution in [2.75, 3.05) is 20.6 Å². The lowest BCUT2D eigenvalue weighted by Gasteiger charge is -2.32. The maximum Gasteiger partial charge on any atom is 0.338 e. The number of carbonyl (C=O) groups is 1. The minimum absolute atomic E-state index is 0. The first-order chi connectivity index (χ1) is 9.97. The fourth-order valence-corrected chi connectivity index (χ4v) is 3.13. The van der Waals surface area contributed by atoms with Crippen LogP contribution in [-0.4, -0.2) is 37.6 Å². The number of rotatable bonds is 4. The van der Waals surface area contributed by atoms with E-state index in [0.717, 1.165) is 25.8 Å². The van der Waals surface area contributed by atoms with Gasteiger partial charge in [-0.05, 0) is 51.6 Å². The predicted octanol–water partition coefficient (Wildman–Crippen LogP) is 4.69. The van der Waals surface area contributed by atoms with Gasteiger partial charge < -0.3 is 9.64 Å². The molecule has 2 rings (SSSR count). The molecule has 0 saturated heterocycles. The normalized spacial score (nSPS) is 21.3. The average Bonchev–Trinajstić information content (AvgIpc) is 2.43. The zero-order valence-electron chi connectivity index (χ0n) is 12.9. The topological polar surface area (TPSA) is 29.5 Å². The van der Waals surface area contributed by atoms with Crippen LogP contribution in [0, 0.1) is 5.92 Å². The molecule has 0 heterocycles. The summed E-state index contributed by atoms with van der Waals surface area (Å²) < 4.78 is 5.72. The number of ether oxygens (including phenoxy) is 1. The van der Waals surface area contributed by atoms with Gasteiger partial charge in [-0.1, -0.05) is 29.6 Å². The number of carbonyl (C=O) groups excluding carboxylic acids is 1. The molecule has 0 aromatic heterocycles. The lowest BCUT2D eigenvalue weighted by Crippen LogP contribution is -2.36. The molecule has 0 bridgehead atoms. The number of halogens is 3. The third kappa shape index (κ3) is 5.31. The summed E-state index contributed by atoms with van der Waals surface area (Å²) in [5.41, 5.74) is 0.457. The van der Waals surface area contributed by atoms with E-state index >= 15 is 0 Å². The van der Waals surface area contributed by atoms with E-state index in [0.29, 0.717) is 21.5 Å². The van der Waals surface area contributed by atoms with Crippen molar-refractivity contribution < 1.29 is 9.53 Å². The van der Waals surface area contributed by atoms with Crippen LogP contribution in [0.15, 0.2) is 18.2 Å². The molecular formula is C16H22Cl3NO2. The van der Waals surface area contributed by atoms with E-state index in [1.165, 1.54) is 6.42 Å². The standard InChI is InChI=1S/C16H21Cl2NO2.ClH/c1-19(2)10-12-5-3-4-6-15(12)21-16(20)11-7-8-13(17)14(18)9-11;/h7-9,12,15H,3-6,10H2,1-2H3;1H. The minimum Gasteiger partial charge on any atom is -0.458 e. The Morgan fingerprint density at radius 1 is 1.23 bits per heavy atom. The van der Waals surface area contributed by atoms with E-state index in [9.17, 15) is 4.79 Å². The SMILES string of the molecule is CN(C)CC1CCCCC1OC(=O)c1ccc(Cl)c(Cl)c1.Cl. The maximum atomic E-state index is 12.3. The smallest absolute Gasteiger partial charge is 0.338 e. The highest BCUT2D eigenvalue weighted by Crippen LogP contribution is 2.29. The Bertz CT molecular complexity index is 508. The molecule has 0 spiro atoms. The molecule has 1 aromatic rings. The second-order valence-corrected chi connectivity index (χ2v) is 6.69. The lowest BCUT2D eigenvalue weighted by molar-refractivity contribution is -0.00324. The summed E-state index contributed by atoms with van der Waals surface area (Å²) in [6, 6.07) is 4.84. The fourth-order valence-electron chi connectivity index (χ4n) is 2.84. The van der Waals surface area contributed by atoms with Crippen LogP contribution in [0.4, 0.5) is 0 Å². The molecule has 2 atom stereocenters. The molecule has 2 unspecified atom stereocenters. The van der Waals surface area contributed by atoms with Crippen molar-refractivity contribution in [2.24, 2.45) is 5.92 Å². The Morgan fingerprint density at radius 3 is 2.55 bits per heavy atom. The minimum atomic E-state index is -0.316. The van der Waals surface area contributed by atoms with Gasteiger partial charge in [-0.2, -0.15) is 0 Å². The summed E-state index contributed by atoms with van der Waals surface area (Å²) in [7, 11) is 4.10. The largest absolute Gasteiger partial charge is 0.458 e. The monoisotopic (exact) mass is 365 g/mol. The van der Waals surface area contributed by atoms with Gasteiger partial charge in [-0.25, -0.2) is 4.79 Å². The Kier molecular flexibility index (Phi) is 7.98. The van der Waals surface area contributed by atoms with Crippen LogP contribution in [0.2, 0.25) is 10.0 Å². The van der Waals surface area contributed by atoms with Crippen molar-refractivity contribution in [1.29, 1.82) is 0 Å². The molecule has 124 valence electrons. The number of nitrogens with zero attached hydrogens (tertiary/aromatic N) is 1. The zero-order valence-corrected chi connectivity index (χ0v) is 15.2. The number of esters is 1. The van der Waals surface area contributed by atoms with Crippen molar-refractivity contribution in [3.63, 3.8) is 0 Å². The van der Waals surface area contributed by atoms with Crippen LogP contribution in [-0.2, 0) is 4.74 Å². The van der Waals surface area contributed by atoms with Crippen molar-refractivity contribution in [1.82, 2.24) is 4.90 Å². The van der Waals surface area contributed by atoms with Crippen LogP contribution in [0.3, 0.4) is 0 Å². The molecule has 22 heavy (non-hydrogen) atoms. The zero-order chi connectivity index (χ0) is 15.4. The van der Waals surface area contributed by atoms with Gasteiger partial charge in [0.2, 0.25) is 0 Å². The van der Waals surface area contributed by atoms with Gasteiger partial charge in [0.1, 0.15) is 6.10 Å². The number of hydrogen-bond acceptors (Lipinski definition) is 3. The van der Waals surface area contributed by atoms with Gasteiger partial charge in [0.15, 0.2) is 0 Å². The number of benzene rings is 1. The Morgan fingerprint density at radius 2 is 1.91 bits per heavy atom. The summed E-state index contributed by atoms with van der Waals surface area (Å²) in [5.74, 6) is 0.0877. The summed E-state index contributed by atoms with van der Waals surface area (Å²) in [6.07, 6.45) is 4.36. The van der Waals surface area contributed by atoms with Gasteiger partial charge in [0, 0.05) is 12.5 Å². The molecular weight excluding hydrogens is 345 g/mol. The molecule has 1 aromatic carbocycles. The molecule has 1 aliphatic carbocycles. The van der Waals surface area contributed by atoms with E-state index in [1.807, 2.05) is 14.1 Å². The van der Waals surface area contributed by atoms with Gasteiger partial charge in [-0.3, -0.25) is 0 Å². The van der Waals surface area contributed by atoms with Crippen molar-refractivity contribution in [2.45, 2.75) is 31.8 Å². The van der Waals surface area contributed by atoms with Crippen LogP contribution >= 0.6 is 35.6 Å². The Labute approximate surface area is 148 Å². The first-order valence-corrected chi connectivity index (χ1v) is 8.03. The predicted molar refractivity (Wildman–Crippen MR) is 93.4 cm³/mol. The van der Waals surface area contributed by atoms with Crippen molar-refractivity contribution in [3.8, 4) is 0 Å². The average molecular weight is 367 g/mol. The van der Waals surface area contributed by atoms with Crippen LogP contribution in [0.25, 0.3) is 0 Å². The first kappa shape index (κ1) is 19.6. The summed E-state index contributed by atoms with van der Waals surface area (Å²) in [5, 5.41) is 0.816. The first-order valence-electron chi connectivity index (χ1n) is 7.28.